The van der Waals surface area contributed by atoms with E-state index in [4.69, 9.17) is 9.47 Å². The Morgan fingerprint density at radius 3 is 2.08 bits per heavy atom. The van der Waals surface area contributed by atoms with Crippen molar-refractivity contribution in [2.45, 2.75) is 5.60 Å². The van der Waals surface area contributed by atoms with E-state index in [0.717, 1.165) is 0 Å². The van der Waals surface area contributed by atoms with Crippen LogP contribution in [0.5, 0.6) is 11.5 Å². The number of hydrogen-bond donors (Lipinski definition) is 1. The summed E-state index contributed by atoms with van der Waals surface area (Å²) in [5.41, 5.74) is 1.27. The van der Waals surface area contributed by atoms with Gasteiger partial charge in [0.25, 0.3) is 0 Å². The maximum atomic E-state index is 13.0. The van der Waals surface area contributed by atoms with E-state index in [1.807, 2.05) is 18.2 Å². The summed E-state index contributed by atoms with van der Waals surface area (Å²) in [7, 11) is 3.16. The third kappa shape index (κ3) is 2.23. The van der Waals surface area contributed by atoms with Crippen molar-refractivity contribution in [2.24, 2.45) is 0 Å². The van der Waals surface area contributed by atoms with E-state index in [1.54, 1.807) is 62.8 Å². The van der Waals surface area contributed by atoms with Crippen molar-refractivity contribution in [3.63, 3.8) is 0 Å². The first-order chi connectivity index (χ1) is 12.6. The molecule has 0 aromatic heterocycles. The van der Waals surface area contributed by atoms with Crippen LogP contribution in [0.4, 0.5) is 0 Å². The van der Waals surface area contributed by atoms with Crippen molar-refractivity contribution in [2.75, 3.05) is 14.2 Å². The molecule has 3 aromatic rings. The van der Waals surface area contributed by atoms with Crippen molar-refractivity contribution in [3.8, 4) is 11.5 Å². The first kappa shape index (κ1) is 16.4. The van der Waals surface area contributed by atoms with Gasteiger partial charge in [0.1, 0.15) is 17.1 Å². The van der Waals surface area contributed by atoms with E-state index >= 15 is 0 Å². The van der Waals surface area contributed by atoms with E-state index in [1.165, 1.54) is 0 Å². The SMILES string of the molecule is COc1ccc(C2(O)c3ccccc3C(=O)c3ccc(OC)cc32)cc1. The van der Waals surface area contributed by atoms with Gasteiger partial charge in [0, 0.05) is 22.3 Å². The van der Waals surface area contributed by atoms with Gasteiger partial charge in [-0.3, -0.25) is 4.79 Å². The Balaban J connectivity index is 2.04. The summed E-state index contributed by atoms with van der Waals surface area (Å²) in [6.07, 6.45) is 0. The third-order valence-electron chi connectivity index (χ3n) is 4.93. The number of carbonyl (C=O) groups is 1. The van der Waals surface area contributed by atoms with E-state index in [-0.39, 0.29) is 5.78 Å². The molecule has 26 heavy (non-hydrogen) atoms. The highest BCUT2D eigenvalue weighted by atomic mass is 16.5. The lowest BCUT2D eigenvalue weighted by atomic mass is 9.71. The molecule has 1 aliphatic carbocycles. The molecule has 0 amide bonds. The predicted octanol–water partition coefficient (Wildman–Crippen LogP) is 3.53. The minimum atomic E-state index is -1.46. The summed E-state index contributed by atoms with van der Waals surface area (Å²) in [6.45, 7) is 0. The van der Waals surface area contributed by atoms with Crippen molar-refractivity contribution in [1.29, 1.82) is 0 Å². The van der Waals surface area contributed by atoms with E-state index < -0.39 is 5.60 Å². The van der Waals surface area contributed by atoms with Gasteiger partial charge in [0.05, 0.1) is 14.2 Å². The molecular formula is C22H18O4. The second-order valence-electron chi connectivity index (χ2n) is 6.23. The Labute approximate surface area is 151 Å². The van der Waals surface area contributed by atoms with Crippen molar-refractivity contribution in [3.05, 3.63) is 94.5 Å². The molecule has 1 atom stereocenters. The van der Waals surface area contributed by atoms with Crippen LogP contribution in [0.15, 0.2) is 66.7 Å². The highest BCUT2D eigenvalue weighted by Gasteiger charge is 2.43. The van der Waals surface area contributed by atoms with Gasteiger partial charge in [-0.25, -0.2) is 0 Å². The van der Waals surface area contributed by atoms with Crippen molar-refractivity contribution >= 4 is 5.78 Å². The molecule has 0 bridgehead atoms. The smallest absolute Gasteiger partial charge is 0.193 e. The fourth-order valence-corrected chi connectivity index (χ4v) is 3.58. The number of ketones is 1. The van der Waals surface area contributed by atoms with Crippen LogP contribution >= 0.6 is 0 Å². The zero-order valence-electron chi connectivity index (χ0n) is 14.5. The van der Waals surface area contributed by atoms with Crippen LogP contribution in [-0.4, -0.2) is 25.1 Å². The molecule has 1 N–H and O–H groups in total. The molecule has 3 aromatic carbocycles. The Morgan fingerprint density at radius 1 is 0.769 bits per heavy atom. The minimum absolute atomic E-state index is 0.101. The first-order valence-corrected chi connectivity index (χ1v) is 8.29. The highest BCUT2D eigenvalue weighted by molar-refractivity contribution is 6.13. The zero-order chi connectivity index (χ0) is 18.3. The summed E-state index contributed by atoms with van der Waals surface area (Å²) < 4.78 is 10.6. The number of hydrogen-bond acceptors (Lipinski definition) is 4. The number of fused-ring (bicyclic) bond motifs is 2. The van der Waals surface area contributed by atoms with Gasteiger partial charge in [-0.1, -0.05) is 36.4 Å². The quantitative estimate of drug-likeness (QED) is 0.788. The fraction of sp³-hybridized carbons (Fsp3) is 0.136. The molecule has 0 heterocycles. The number of benzene rings is 3. The predicted molar refractivity (Wildman–Crippen MR) is 98.0 cm³/mol. The summed E-state index contributed by atoms with van der Waals surface area (Å²) >= 11 is 0. The third-order valence-corrected chi connectivity index (χ3v) is 4.93. The fourth-order valence-electron chi connectivity index (χ4n) is 3.58. The lowest BCUT2D eigenvalue weighted by molar-refractivity contribution is 0.0948. The molecule has 0 fully saturated rings. The standard InChI is InChI=1S/C22H18O4/c1-25-15-9-7-14(8-10-15)22(24)19-6-4-3-5-17(19)21(23)18-12-11-16(26-2)13-20(18)22/h3-13,24H,1-2H3. The van der Waals surface area contributed by atoms with Gasteiger partial charge in [-0.2, -0.15) is 0 Å². The Hall–Kier alpha value is -3.11. The molecule has 1 unspecified atom stereocenters. The molecule has 4 nitrogen and oxygen atoms in total. The molecule has 0 saturated carbocycles. The van der Waals surface area contributed by atoms with Crippen LogP contribution in [0.1, 0.15) is 32.6 Å². The Bertz CT molecular complexity index is 991. The molecule has 0 radical (unpaired) electrons. The summed E-state index contributed by atoms with van der Waals surface area (Å²) in [6, 6.07) is 19.6. The summed E-state index contributed by atoms with van der Waals surface area (Å²) in [5, 5.41) is 11.9. The van der Waals surface area contributed by atoms with Gasteiger partial charge < -0.3 is 14.6 Å². The van der Waals surface area contributed by atoms with Gasteiger partial charge in [-0.05, 0) is 35.9 Å². The van der Waals surface area contributed by atoms with Crippen molar-refractivity contribution < 1.29 is 19.4 Å². The molecule has 4 heteroatoms. The van der Waals surface area contributed by atoms with Crippen LogP contribution in [0.25, 0.3) is 0 Å². The lowest BCUT2D eigenvalue weighted by Gasteiger charge is -2.36. The highest BCUT2D eigenvalue weighted by Crippen LogP contribution is 2.45. The van der Waals surface area contributed by atoms with Gasteiger partial charge in [0.15, 0.2) is 5.78 Å². The van der Waals surface area contributed by atoms with Crippen LogP contribution in [-0.2, 0) is 5.60 Å². The summed E-state index contributed by atoms with van der Waals surface area (Å²) in [5.74, 6) is 1.18. The average molecular weight is 346 g/mol. The average Bonchev–Trinajstić information content (AvgIpc) is 2.71. The van der Waals surface area contributed by atoms with Crippen LogP contribution in [0.3, 0.4) is 0 Å². The number of rotatable bonds is 3. The maximum absolute atomic E-state index is 13.0. The minimum Gasteiger partial charge on any atom is -0.497 e. The van der Waals surface area contributed by atoms with Gasteiger partial charge in [-0.15, -0.1) is 0 Å². The van der Waals surface area contributed by atoms with E-state index in [0.29, 0.717) is 39.3 Å². The molecular weight excluding hydrogens is 328 g/mol. The summed E-state index contributed by atoms with van der Waals surface area (Å²) in [4.78, 5) is 13.0. The zero-order valence-corrected chi connectivity index (χ0v) is 14.5. The van der Waals surface area contributed by atoms with Gasteiger partial charge in [0.2, 0.25) is 0 Å². The maximum Gasteiger partial charge on any atom is 0.193 e. The molecule has 0 aliphatic heterocycles. The lowest BCUT2D eigenvalue weighted by Crippen LogP contribution is -2.36. The van der Waals surface area contributed by atoms with Crippen LogP contribution in [0, 0.1) is 0 Å². The molecule has 0 saturated heterocycles. The molecule has 130 valence electrons. The van der Waals surface area contributed by atoms with Crippen LogP contribution in [0.2, 0.25) is 0 Å². The van der Waals surface area contributed by atoms with E-state index in [9.17, 15) is 9.90 Å². The normalized spacial score (nSPS) is 18.0. The monoisotopic (exact) mass is 346 g/mol. The van der Waals surface area contributed by atoms with Gasteiger partial charge >= 0.3 is 0 Å². The van der Waals surface area contributed by atoms with E-state index in [2.05, 4.69) is 0 Å². The second kappa shape index (κ2) is 6.00. The first-order valence-electron chi connectivity index (χ1n) is 8.29. The molecule has 1 aliphatic rings. The Morgan fingerprint density at radius 2 is 1.38 bits per heavy atom. The largest absolute Gasteiger partial charge is 0.497 e. The number of aliphatic hydroxyl groups is 1. The molecule has 0 spiro atoms. The van der Waals surface area contributed by atoms with Crippen LogP contribution < -0.4 is 9.47 Å². The number of ether oxygens (including phenoxy) is 2. The molecule has 4 rings (SSSR count). The number of carbonyl (C=O) groups excluding carboxylic acids is 1. The second-order valence-corrected chi connectivity index (χ2v) is 6.23. The Kier molecular flexibility index (Phi) is 3.78. The van der Waals surface area contributed by atoms with Crippen molar-refractivity contribution in [1.82, 2.24) is 0 Å². The topological polar surface area (TPSA) is 55.8 Å². The number of methoxy groups -OCH3 is 2.